The summed E-state index contributed by atoms with van der Waals surface area (Å²) in [6.45, 7) is 3.96. The minimum absolute atomic E-state index is 0.0653. The Kier molecular flexibility index (Phi) is 6.75. The van der Waals surface area contributed by atoms with E-state index in [-0.39, 0.29) is 35.9 Å². The Morgan fingerprint density at radius 3 is 2.68 bits per heavy atom. The van der Waals surface area contributed by atoms with Gasteiger partial charge in [0.25, 0.3) is 5.91 Å². The zero-order chi connectivity index (χ0) is 24.6. The van der Waals surface area contributed by atoms with Crippen molar-refractivity contribution in [3.05, 3.63) is 30.0 Å². The van der Waals surface area contributed by atoms with E-state index in [2.05, 4.69) is 18.9 Å². The number of Topliss-reactive ketones (excluding diaryl/α,β-unsaturated/α-hetero) is 1. The van der Waals surface area contributed by atoms with E-state index in [0.717, 1.165) is 25.7 Å². The first kappa shape index (κ1) is 24.3. The second-order valence-electron chi connectivity index (χ2n) is 10.4. The monoisotopic (exact) mass is 472 g/mol. The molecule has 2 N–H and O–H groups in total. The number of hydrogen-bond acceptors (Lipinski definition) is 5. The number of benzene rings is 1. The van der Waals surface area contributed by atoms with Crippen LogP contribution in [-0.4, -0.2) is 64.3 Å². The van der Waals surface area contributed by atoms with Gasteiger partial charge >= 0.3 is 0 Å². The summed E-state index contributed by atoms with van der Waals surface area (Å²) < 4.78 is 21.6. The number of ketones is 1. The zero-order valence-corrected chi connectivity index (χ0v) is 20.0. The molecule has 184 valence electrons. The normalized spacial score (nSPS) is 26.6. The largest absolute Gasteiger partial charge is 0.376 e. The Bertz CT molecular complexity index is 1100. The van der Waals surface area contributed by atoms with Crippen LogP contribution in [-0.2, 0) is 20.9 Å². The summed E-state index contributed by atoms with van der Waals surface area (Å²) in [4.78, 5) is 39.8. The van der Waals surface area contributed by atoms with Gasteiger partial charge in [-0.25, -0.2) is 4.39 Å². The van der Waals surface area contributed by atoms with Crippen LogP contribution in [0.15, 0.2) is 24.3 Å². The number of halogens is 1. The van der Waals surface area contributed by atoms with Crippen LogP contribution in [0.5, 0.6) is 0 Å². The van der Waals surface area contributed by atoms with E-state index in [4.69, 9.17) is 10.5 Å². The summed E-state index contributed by atoms with van der Waals surface area (Å²) in [6.07, 6.45) is 1.94. The van der Waals surface area contributed by atoms with Crippen LogP contribution in [0.25, 0.3) is 10.9 Å². The lowest BCUT2D eigenvalue weighted by Crippen LogP contribution is -2.47. The molecule has 0 bridgehead atoms. The zero-order valence-electron chi connectivity index (χ0n) is 20.0. The molecule has 1 aliphatic carbocycles. The van der Waals surface area contributed by atoms with Gasteiger partial charge in [0, 0.05) is 18.9 Å². The Morgan fingerprint density at radius 1 is 1.26 bits per heavy atom. The molecule has 1 saturated carbocycles. The Balaban J connectivity index is 1.56. The fraction of sp³-hybridized carbons (Fsp3) is 0.600. The molecule has 4 rings (SSSR count). The molecule has 2 amide bonds. The summed E-state index contributed by atoms with van der Waals surface area (Å²) in [5, 5.41) is 4.76. The molecule has 0 unspecified atom stereocenters. The summed E-state index contributed by atoms with van der Waals surface area (Å²) in [5.41, 5.74) is 6.26. The van der Waals surface area contributed by atoms with Crippen LogP contribution < -0.4 is 5.73 Å². The number of nitrogens with two attached hydrogens (primary N) is 1. The molecular formula is C25H33FN4O4. The molecule has 8 nitrogen and oxygen atoms in total. The molecule has 2 heterocycles. The number of primary amides is 1. The highest BCUT2D eigenvalue weighted by molar-refractivity contribution is 6.04. The maximum atomic E-state index is 14.9. The molecule has 1 aromatic carbocycles. The van der Waals surface area contributed by atoms with Crippen LogP contribution in [0.3, 0.4) is 0 Å². The van der Waals surface area contributed by atoms with Gasteiger partial charge in [-0.15, -0.1) is 0 Å². The molecule has 1 aromatic heterocycles. The molecule has 2 aliphatic rings. The van der Waals surface area contributed by atoms with E-state index in [1.807, 2.05) is 0 Å². The first-order valence-electron chi connectivity index (χ1n) is 11.9. The quantitative estimate of drug-likeness (QED) is 0.667. The van der Waals surface area contributed by atoms with E-state index < -0.39 is 30.1 Å². The van der Waals surface area contributed by atoms with Crippen molar-refractivity contribution in [1.82, 2.24) is 14.7 Å². The topological polar surface area (TPSA) is 108 Å². The lowest BCUT2D eigenvalue weighted by atomic mass is 9.70. The number of aromatic nitrogens is 2. The number of rotatable bonds is 7. The molecule has 1 saturated heterocycles. The number of carbonyl (C=O) groups is 3. The van der Waals surface area contributed by atoms with Crippen LogP contribution in [0, 0.1) is 11.3 Å². The van der Waals surface area contributed by atoms with Gasteiger partial charge in [0.15, 0.2) is 11.5 Å². The van der Waals surface area contributed by atoms with E-state index in [0.29, 0.717) is 17.3 Å². The van der Waals surface area contributed by atoms with Gasteiger partial charge in [0.2, 0.25) is 5.91 Å². The molecule has 0 spiro atoms. The van der Waals surface area contributed by atoms with Crippen molar-refractivity contribution >= 4 is 28.5 Å². The molecule has 9 heteroatoms. The van der Waals surface area contributed by atoms with Gasteiger partial charge < -0.3 is 15.4 Å². The Hall–Kier alpha value is -2.81. The molecular weight excluding hydrogens is 439 g/mol. The molecule has 2 fully saturated rings. The molecule has 34 heavy (non-hydrogen) atoms. The SMILES string of the molecule is CO[C@H]1[C@@H](C(=O)C[C@H]2CCCC(C)(C)C2)N(C(=O)Cn2nc(C(N)=O)c3ccccc32)C[C@@H]1F. The highest BCUT2D eigenvalue weighted by atomic mass is 19.1. The van der Waals surface area contributed by atoms with E-state index >= 15 is 0 Å². The van der Waals surface area contributed by atoms with Crippen molar-refractivity contribution in [2.75, 3.05) is 13.7 Å². The Morgan fingerprint density at radius 2 is 2.00 bits per heavy atom. The number of methoxy groups -OCH3 is 1. The van der Waals surface area contributed by atoms with Gasteiger partial charge in [-0.3, -0.25) is 19.1 Å². The average molecular weight is 473 g/mol. The predicted molar refractivity (Wildman–Crippen MR) is 125 cm³/mol. The number of hydrogen-bond donors (Lipinski definition) is 1. The van der Waals surface area contributed by atoms with E-state index in [1.165, 1.54) is 16.7 Å². The number of alkyl halides is 1. The summed E-state index contributed by atoms with van der Waals surface area (Å²) in [7, 11) is 1.37. The number of nitrogens with zero attached hydrogens (tertiary/aromatic N) is 3. The number of ether oxygens (including phenoxy) is 1. The molecule has 4 atom stereocenters. The minimum atomic E-state index is -1.46. The maximum absolute atomic E-state index is 14.9. The molecule has 0 radical (unpaired) electrons. The second-order valence-corrected chi connectivity index (χ2v) is 10.4. The van der Waals surface area contributed by atoms with Gasteiger partial charge in [-0.05, 0) is 36.7 Å². The molecule has 1 aliphatic heterocycles. The summed E-state index contributed by atoms with van der Waals surface area (Å²) >= 11 is 0. The second kappa shape index (κ2) is 9.44. The number of likely N-dealkylation sites (tertiary alicyclic amines) is 1. The Labute approximate surface area is 198 Å². The van der Waals surface area contributed by atoms with Crippen LogP contribution in [0.1, 0.15) is 56.4 Å². The summed E-state index contributed by atoms with van der Waals surface area (Å²) in [5.74, 6) is -1.09. The predicted octanol–water partition coefficient (Wildman–Crippen LogP) is 2.87. The van der Waals surface area contributed by atoms with Crippen molar-refractivity contribution in [2.45, 2.75) is 70.8 Å². The number of fused-ring (bicyclic) bond motifs is 1. The van der Waals surface area contributed by atoms with Gasteiger partial charge in [-0.1, -0.05) is 38.5 Å². The summed E-state index contributed by atoms with van der Waals surface area (Å²) in [6, 6.07) is 5.98. The maximum Gasteiger partial charge on any atom is 0.269 e. The van der Waals surface area contributed by atoms with Crippen molar-refractivity contribution < 1.29 is 23.5 Å². The van der Waals surface area contributed by atoms with Crippen LogP contribution in [0.4, 0.5) is 4.39 Å². The third kappa shape index (κ3) is 4.71. The number of para-hydroxylation sites is 1. The first-order valence-corrected chi connectivity index (χ1v) is 11.9. The van der Waals surface area contributed by atoms with Gasteiger partial charge in [0.05, 0.1) is 12.1 Å². The van der Waals surface area contributed by atoms with Crippen molar-refractivity contribution in [3.63, 3.8) is 0 Å². The fourth-order valence-electron chi connectivity index (χ4n) is 5.75. The van der Waals surface area contributed by atoms with Crippen molar-refractivity contribution in [1.29, 1.82) is 0 Å². The molecule has 2 aromatic rings. The minimum Gasteiger partial charge on any atom is -0.376 e. The van der Waals surface area contributed by atoms with Crippen LogP contribution >= 0.6 is 0 Å². The smallest absolute Gasteiger partial charge is 0.269 e. The average Bonchev–Trinajstić information content (AvgIpc) is 3.31. The fourth-order valence-corrected chi connectivity index (χ4v) is 5.75. The van der Waals surface area contributed by atoms with Crippen LogP contribution in [0.2, 0.25) is 0 Å². The lowest BCUT2D eigenvalue weighted by molar-refractivity contribution is -0.141. The highest BCUT2D eigenvalue weighted by Gasteiger charge is 2.49. The third-order valence-corrected chi connectivity index (χ3v) is 7.27. The highest BCUT2D eigenvalue weighted by Crippen LogP contribution is 2.40. The van der Waals surface area contributed by atoms with E-state index in [9.17, 15) is 18.8 Å². The van der Waals surface area contributed by atoms with Crippen molar-refractivity contribution in [3.8, 4) is 0 Å². The first-order chi connectivity index (χ1) is 16.1. The standard InChI is InChI=1S/C25H33FN4O4/c1-25(2)10-6-7-15(12-25)11-19(31)22-23(34-3)17(26)13-29(22)20(32)14-30-18-9-5-4-8-16(18)21(28-30)24(27)33/h4-5,8-9,15,17,22-23H,6-7,10-14H2,1-3H3,(H2,27,33)/t15-,17+,22-,23-/m1/s1. The number of amides is 2. The lowest BCUT2D eigenvalue weighted by Gasteiger charge is -2.36. The van der Waals surface area contributed by atoms with Crippen molar-refractivity contribution in [2.24, 2.45) is 17.1 Å². The van der Waals surface area contributed by atoms with Gasteiger partial charge in [-0.2, -0.15) is 5.10 Å². The van der Waals surface area contributed by atoms with Gasteiger partial charge in [0.1, 0.15) is 24.9 Å². The number of carbonyl (C=O) groups excluding carboxylic acids is 3. The van der Waals surface area contributed by atoms with E-state index in [1.54, 1.807) is 24.3 Å². The third-order valence-electron chi connectivity index (χ3n) is 7.27.